The minimum atomic E-state index is -0.253. The molecule has 4 nitrogen and oxygen atoms in total. The van der Waals surface area contributed by atoms with Crippen LogP contribution in [0.25, 0.3) is 0 Å². The molecule has 3 unspecified atom stereocenters. The molecule has 1 aromatic rings. The molecule has 112 valence electrons. The van der Waals surface area contributed by atoms with Gasteiger partial charge >= 0.3 is 0 Å². The van der Waals surface area contributed by atoms with E-state index in [4.69, 9.17) is 5.73 Å². The van der Waals surface area contributed by atoms with Crippen molar-refractivity contribution < 1.29 is 5.11 Å². The van der Waals surface area contributed by atoms with Gasteiger partial charge in [0.25, 0.3) is 0 Å². The highest BCUT2D eigenvalue weighted by molar-refractivity contribution is 5.14. The summed E-state index contributed by atoms with van der Waals surface area (Å²) < 4.78 is 0. The Morgan fingerprint density at radius 1 is 1.35 bits per heavy atom. The van der Waals surface area contributed by atoms with Crippen LogP contribution in [0.2, 0.25) is 0 Å². The number of hydrogen-bond donors (Lipinski definition) is 3. The molecule has 0 saturated carbocycles. The van der Waals surface area contributed by atoms with Crippen molar-refractivity contribution in [3.05, 3.63) is 35.9 Å². The van der Waals surface area contributed by atoms with Crippen molar-refractivity contribution in [2.24, 2.45) is 11.7 Å². The van der Waals surface area contributed by atoms with E-state index in [-0.39, 0.29) is 6.10 Å². The van der Waals surface area contributed by atoms with E-state index in [0.29, 0.717) is 18.5 Å². The van der Waals surface area contributed by atoms with E-state index >= 15 is 0 Å². The second kappa shape index (κ2) is 7.74. The van der Waals surface area contributed by atoms with Crippen LogP contribution in [0.15, 0.2) is 30.3 Å². The van der Waals surface area contributed by atoms with Gasteiger partial charge in [-0.1, -0.05) is 30.3 Å². The topological polar surface area (TPSA) is 61.5 Å². The van der Waals surface area contributed by atoms with Gasteiger partial charge in [0, 0.05) is 38.8 Å². The van der Waals surface area contributed by atoms with Crippen molar-refractivity contribution in [1.29, 1.82) is 0 Å². The van der Waals surface area contributed by atoms with Crippen LogP contribution < -0.4 is 11.1 Å². The van der Waals surface area contributed by atoms with E-state index in [1.54, 1.807) is 0 Å². The average molecular weight is 277 g/mol. The second-order valence-corrected chi connectivity index (χ2v) is 5.85. The van der Waals surface area contributed by atoms with Gasteiger partial charge in [0.05, 0.1) is 6.10 Å². The lowest BCUT2D eigenvalue weighted by Gasteiger charge is -2.39. The average Bonchev–Trinajstić information content (AvgIpc) is 2.46. The molecule has 2 rings (SSSR count). The summed E-state index contributed by atoms with van der Waals surface area (Å²) in [5.74, 6) is 0.337. The Labute approximate surface area is 122 Å². The molecule has 20 heavy (non-hydrogen) atoms. The fraction of sp³-hybridized carbons (Fsp3) is 0.625. The highest BCUT2D eigenvalue weighted by atomic mass is 16.3. The van der Waals surface area contributed by atoms with Crippen LogP contribution in [0.5, 0.6) is 0 Å². The molecule has 0 spiro atoms. The number of rotatable bonds is 6. The van der Waals surface area contributed by atoms with Crippen LogP contribution in [-0.2, 0) is 6.54 Å². The standard InChI is InChI=1S/C16H27N3O/c1-13(20)15-9-16(12-19(11-15)8-7-17)18-10-14-5-3-2-4-6-14/h2-6,13,15-16,18,20H,7-12,17H2,1H3. The van der Waals surface area contributed by atoms with Crippen LogP contribution in [0.1, 0.15) is 18.9 Å². The van der Waals surface area contributed by atoms with Crippen molar-refractivity contribution in [2.45, 2.75) is 32.0 Å². The minimum absolute atomic E-state index is 0.253. The fourth-order valence-corrected chi connectivity index (χ4v) is 2.95. The fourth-order valence-electron chi connectivity index (χ4n) is 2.95. The third-order valence-electron chi connectivity index (χ3n) is 4.12. The predicted octanol–water partition coefficient (Wildman–Crippen LogP) is 0.806. The Morgan fingerprint density at radius 2 is 2.10 bits per heavy atom. The summed E-state index contributed by atoms with van der Waals surface area (Å²) in [5.41, 5.74) is 6.97. The lowest BCUT2D eigenvalue weighted by molar-refractivity contribution is 0.0490. The van der Waals surface area contributed by atoms with Gasteiger partial charge in [-0.15, -0.1) is 0 Å². The molecular weight excluding hydrogens is 250 g/mol. The van der Waals surface area contributed by atoms with E-state index in [1.807, 2.05) is 13.0 Å². The molecule has 1 saturated heterocycles. The summed E-state index contributed by atoms with van der Waals surface area (Å²) in [7, 11) is 0. The summed E-state index contributed by atoms with van der Waals surface area (Å²) in [5, 5.41) is 13.5. The molecule has 0 aromatic heterocycles. The summed E-state index contributed by atoms with van der Waals surface area (Å²) >= 11 is 0. The predicted molar refractivity (Wildman–Crippen MR) is 82.4 cm³/mol. The normalized spacial score (nSPS) is 25.6. The van der Waals surface area contributed by atoms with E-state index in [9.17, 15) is 5.11 Å². The lowest BCUT2D eigenvalue weighted by atomic mass is 9.90. The maximum atomic E-state index is 9.88. The molecule has 1 aliphatic rings. The second-order valence-electron chi connectivity index (χ2n) is 5.85. The molecule has 1 aromatic carbocycles. The minimum Gasteiger partial charge on any atom is -0.393 e. The molecule has 0 aliphatic carbocycles. The molecule has 0 bridgehead atoms. The molecule has 4 heteroatoms. The Kier molecular flexibility index (Phi) is 5.98. The first kappa shape index (κ1) is 15.4. The smallest absolute Gasteiger partial charge is 0.0553 e. The number of nitrogens with two attached hydrogens (primary N) is 1. The molecule has 1 fully saturated rings. The van der Waals surface area contributed by atoms with Crippen molar-refractivity contribution in [3.8, 4) is 0 Å². The van der Waals surface area contributed by atoms with Crippen molar-refractivity contribution in [1.82, 2.24) is 10.2 Å². The number of nitrogens with zero attached hydrogens (tertiary/aromatic N) is 1. The van der Waals surface area contributed by atoms with E-state index in [2.05, 4.69) is 34.5 Å². The van der Waals surface area contributed by atoms with Gasteiger partial charge in [0.15, 0.2) is 0 Å². The molecule has 1 aliphatic heterocycles. The summed E-state index contributed by atoms with van der Waals surface area (Å²) in [6.07, 6.45) is 0.780. The van der Waals surface area contributed by atoms with Crippen LogP contribution in [0.3, 0.4) is 0 Å². The number of nitrogens with one attached hydrogen (secondary N) is 1. The summed E-state index contributed by atoms with van der Waals surface area (Å²) in [6.45, 7) is 6.34. The van der Waals surface area contributed by atoms with Crippen LogP contribution in [-0.4, -0.2) is 48.3 Å². The van der Waals surface area contributed by atoms with Crippen LogP contribution >= 0.6 is 0 Å². The third kappa shape index (κ3) is 4.56. The maximum Gasteiger partial charge on any atom is 0.0553 e. The van der Waals surface area contributed by atoms with E-state index in [1.165, 1.54) is 5.56 Å². The van der Waals surface area contributed by atoms with Gasteiger partial charge in [-0.25, -0.2) is 0 Å². The maximum absolute atomic E-state index is 9.88. The molecule has 0 amide bonds. The van der Waals surface area contributed by atoms with Crippen molar-refractivity contribution in [3.63, 3.8) is 0 Å². The lowest BCUT2D eigenvalue weighted by Crippen LogP contribution is -2.52. The summed E-state index contributed by atoms with van der Waals surface area (Å²) in [4.78, 5) is 2.36. The van der Waals surface area contributed by atoms with Crippen molar-refractivity contribution >= 4 is 0 Å². The first-order valence-corrected chi connectivity index (χ1v) is 7.57. The van der Waals surface area contributed by atoms with Gasteiger partial charge in [-0.2, -0.15) is 0 Å². The van der Waals surface area contributed by atoms with Gasteiger partial charge in [-0.3, -0.25) is 0 Å². The number of aliphatic hydroxyl groups is 1. The largest absolute Gasteiger partial charge is 0.393 e. The zero-order chi connectivity index (χ0) is 14.4. The highest BCUT2D eigenvalue weighted by Gasteiger charge is 2.29. The number of aliphatic hydroxyl groups excluding tert-OH is 1. The quantitative estimate of drug-likeness (QED) is 0.720. The number of likely N-dealkylation sites (tertiary alicyclic amines) is 1. The first-order chi connectivity index (χ1) is 9.69. The third-order valence-corrected chi connectivity index (χ3v) is 4.12. The van der Waals surface area contributed by atoms with Gasteiger partial charge in [0.2, 0.25) is 0 Å². The molecular formula is C16H27N3O. The van der Waals surface area contributed by atoms with E-state index < -0.39 is 0 Å². The van der Waals surface area contributed by atoms with Gasteiger partial charge in [0.1, 0.15) is 0 Å². The number of hydrogen-bond acceptors (Lipinski definition) is 4. The van der Waals surface area contributed by atoms with Gasteiger partial charge in [-0.05, 0) is 24.8 Å². The van der Waals surface area contributed by atoms with E-state index in [0.717, 1.165) is 32.6 Å². The van der Waals surface area contributed by atoms with Gasteiger partial charge < -0.3 is 21.1 Å². The van der Waals surface area contributed by atoms with Crippen molar-refractivity contribution in [2.75, 3.05) is 26.2 Å². The first-order valence-electron chi connectivity index (χ1n) is 7.57. The molecule has 0 radical (unpaired) electrons. The zero-order valence-electron chi connectivity index (χ0n) is 12.3. The SMILES string of the molecule is CC(O)C1CC(NCc2ccccc2)CN(CCN)C1. The number of piperidine rings is 1. The molecule has 4 N–H and O–H groups in total. The Hall–Kier alpha value is -0.940. The Bertz CT molecular complexity index is 383. The molecule has 1 heterocycles. The molecule has 3 atom stereocenters. The number of benzene rings is 1. The Balaban J connectivity index is 1.88. The zero-order valence-corrected chi connectivity index (χ0v) is 12.3. The monoisotopic (exact) mass is 277 g/mol. The Morgan fingerprint density at radius 3 is 2.75 bits per heavy atom. The highest BCUT2D eigenvalue weighted by Crippen LogP contribution is 2.20. The summed E-state index contributed by atoms with van der Waals surface area (Å²) in [6, 6.07) is 10.9. The van der Waals surface area contributed by atoms with Crippen LogP contribution in [0.4, 0.5) is 0 Å². The van der Waals surface area contributed by atoms with Crippen LogP contribution in [0, 0.1) is 5.92 Å².